The SMILES string of the molecule is CC(C)(O)CN1CCN(c2ccccc2S(N)(=O)=O)CC1. The number of nitrogens with zero attached hydrogens (tertiary/aromatic N) is 2. The Bertz CT molecular complexity index is 588. The monoisotopic (exact) mass is 313 g/mol. The van der Waals surface area contributed by atoms with Gasteiger partial charge in [0.2, 0.25) is 10.0 Å². The summed E-state index contributed by atoms with van der Waals surface area (Å²) in [5.41, 5.74) is -0.0661. The van der Waals surface area contributed by atoms with E-state index in [1.54, 1.807) is 26.0 Å². The van der Waals surface area contributed by atoms with Crippen molar-refractivity contribution in [1.29, 1.82) is 0 Å². The van der Waals surface area contributed by atoms with E-state index in [-0.39, 0.29) is 4.90 Å². The number of hydrogen-bond acceptors (Lipinski definition) is 5. The van der Waals surface area contributed by atoms with Gasteiger partial charge in [0.1, 0.15) is 4.90 Å². The molecule has 7 heteroatoms. The molecule has 0 spiro atoms. The van der Waals surface area contributed by atoms with E-state index in [2.05, 4.69) is 4.90 Å². The van der Waals surface area contributed by atoms with Crippen LogP contribution >= 0.6 is 0 Å². The molecule has 3 N–H and O–H groups in total. The van der Waals surface area contributed by atoms with E-state index in [4.69, 9.17) is 5.14 Å². The molecule has 1 aliphatic heterocycles. The van der Waals surface area contributed by atoms with Crippen LogP contribution in [0.2, 0.25) is 0 Å². The zero-order chi connectivity index (χ0) is 15.7. The molecule has 0 aromatic heterocycles. The van der Waals surface area contributed by atoms with Crippen LogP contribution in [0.15, 0.2) is 29.2 Å². The molecule has 1 fully saturated rings. The molecule has 1 aromatic rings. The lowest BCUT2D eigenvalue weighted by Gasteiger charge is -2.38. The van der Waals surface area contributed by atoms with Crippen molar-refractivity contribution in [3.05, 3.63) is 24.3 Å². The second-order valence-corrected chi connectivity index (χ2v) is 7.62. The molecular weight excluding hydrogens is 290 g/mol. The van der Waals surface area contributed by atoms with E-state index in [9.17, 15) is 13.5 Å². The third-order valence-electron chi connectivity index (χ3n) is 3.50. The maximum absolute atomic E-state index is 11.7. The molecule has 1 heterocycles. The molecule has 0 radical (unpaired) electrons. The van der Waals surface area contributed by atoms with Gasteiger partial charge in [0, 0.05) is 32.7 Å². The predicted octanol–water partition coefficient (Wildman–Crippen LogP) is 0.227. The summed E-state index contributed by atoms with van der Waals surface area (Å²) >= 11 is 0. The summed E-state index contributed by atoms with van der Waals surface area (Å²) in [7, 11) is -3.72. The fourth-order valence-corrected chi connectivity index (χ4v) is 3.41. The van der Waals surface area contributed by atoms with Gasteiger partial charge in [-0.25, -0.2) is 13.6 Å². The zero-order valence-corrected chi connectivity index (χ0v) is 13.3. The Kier molecular flexibility index (Phi) is 4.57. The first-order valence-corrected chi connectivity index (χ1v) is 8.53. The van der Waals surface area contributed by atoms with Crippen LogP contribution in [0.1, 0.15) is 13.8 Å². The van der Waals surface area contributed by atoms with E-state index in [1.165, 1.54) is 6.07 Å². The molecule has 0 amide bonds. The number of β-amino-alcohol motifs (C(OH)–C–C–N with tert-alkyl or cyclic N) is 1. The quantitative estimate of drug-likeness (QED) is 0.831. The summed E-state index contributed by atoms with van der Waals surface area (Å²) in [4.78, 5) is 4.37. The molecule has 0 aliphatic carbocycles. The van der Waals surface area contributed by atoms with Crippen LogP contribution in [0, 0.1) is 0 Å². The molecular formula is C14H23N3O3S. The Morgan fingerprint density at radius 1 is 1.19 bits per heavy atom. The van der Waals surface area contributed by atoms with Crippen molar-refractivity contribution in [3.63, 3.8) is 0 Å². The Balaban J connectivity index is 2.10. The second kappa shape index (κ2) is 5.92. The minimum atomic E-state index is -3.72. The summed E-state index contributed by atoms with van der Waals surface area (Å²) in [6.07, 6.45) is 0. The minimum absolute atomic E-state index is 0.168. The van der Waals surface area contributed by atoms with E-state index in [1.807, 2.05) is 11.0 Å². The zero-order valence-electron chi connectivity index (χ0n) is 12.5. The number of piperazine rings is 1. The van der Waals surface area contributed by atoms with Crippen LogP contribution in [0.3, 0.4) is 0 Å². The minimum Gasteiger partial charge on any atom is -0.389 e. The van der Waals surface area contributed by atoms with Crippen LogP contribution in [-0.2, 0) is 10.0 Å². The Labute approximate surface area is 126 Å². The van der Waals surface area contributed by atoms with Gasteiger partial charge >= 0.3 is 0 Å². The number of sulfonamides is 1. The third-order valence-corrected chi connectivity index (χ3v) is 4.45. The first kappa shape index (κ1) is 16.2. The maximum Gasteiger partial charge on any atom is 0.240 e. The maximum atomic E-state index is 11.7. The Morgan fingerprint density at radius 2 is 1.76 bits per heavy atom. The van der Waals surface area contributed by atoms with Crippen LogP contribution in [0.25, 0.3) is 0 Å². The van der Waals surface area contributed by atoms with E-state index >= 15 is 0 Å². The molecule has 118 valence electrons. The number of benzene rings is 1. The van der Waals surface area contributed by atoms with Crippen molar-refractivity contribution in [3.8, 4) is 0 Å². The van der Waals surface area contributed by atoms with Gasteiger partial charge in [-0.05, 0) is 26.0 Å². The molecule has 0 atom stereocenters. The van der Waals surface area contributed by atoms with Gasteiger partial charge in [-0.3, -0.25) is 4.90 Å². The standard InChI is InChI=1S/C14H23N3O3S/c1-14(2,18)11-16-7-9-17(10-8-16)12-5-3-4-6-13(12)21(15,19)20/h3-6,18H,7-11H2,1-2H3,(H2,15,19,20). The van der Waals surface area contributed by atoms with Crippen LogP contribution < -0.4 is 10.0 Å². The molecule has 1 aromatic carbocycles. The van der Waals surface area contributed by atoms with Gasteiger partial charge in [0.15, 0.2) is 0 Å². The van der Waals surface area contributed by atoms with E-state index < -0.39 is 15.6 Å². The molecule has 1 aliphatic rings. The van der Waals surface area contributed by atoms with Gasteiger partial charge in [-0.15, -0.1) is 0 Å². The topological polar surface area (TPSA) is 86.9 Å². The van der Waals surface area contributed by atoms with Crippen molar-refractivity contribution in [1.82, 2.24) is 4.90 Å². The number of para-hydroxylation sites is 1. The lowest BCUT2D eigenvalue weighted by atomic mass is 10.1. The normalized spacial score (nSPS) is 18.0. The van der Waals surface area contributed by atoms with Crippen molar-refractivity contribution in [2.75, 3.05) is 37.6 Å². The summed E-state index contributed by atoms with van der Waals surface area (Å²) in [5.74, 6) is 0. The number of aliphatic hydroxyl groups is 1. The van der Waals surface area contributed by atoms with Crippen molar-refractivity contribution in [2.24, 2.45) is 5.14 Å². The van der Waals surface area contributed by atoms with Crippen LogP contribution in [0.5, 0.6) is 0 Å². The number of rotatable bonds is 4. The highest BCUT2D eigenvalue weighted by Crippen LogP contribution is 2.25. The van der Waals surface area contributed by atoms with Gasteiger partial charge in [0.25, 0.3) is 0 Å². The smallest absolute Gasteiger partial charge is 0.240 e. The molecule has 1 saturated heterocycles. The Morgan fingerprint density at radius 3 is 2.29 bits per heavy atom. The average Bonchev–Trinajstić information content (AvgIpc) is 2.37. The fourth-order valence-electron chi connectivity index (χ4n) is 2.65. The largest absolute Gasteiger partial charge is 0.389 e. The average molecular weight is 313 g/mol. The van der Waals surface area contributed by atoms with E-state index in [0.717, 1.165) is 13.1 Å². The van der Waals surface area contributed by atoms with Gasteiger partial charge < -0.3 is 10.0 Å². The van der Waals surface area contributed by atoms with Crippen LogP contribution in [-0.4, -0.2) is 56.7 Å². The van der Waals surface area contributed by atoms with Gasteiger partial charge in [-0.1, -0.05) is 12.1 Å². The molecule has 6 nitrogen and oxygen atoms in total. The lowest BCUT2D eigenvalue weighted by molar-refractivity contribution is 0.0345. The van der Waals surface area contributed by atoms with E-state index in [0.29, 0.717) is 25.3 Å². The summed E-state index contributed by atoms with van der Waals surface area (Å²) in [6.45, 7) is 7.17. The highest BCUT2D eigenvalue weighted by atomic mass is 32.2. The van der Waals surface area contributed by atoms with Crippen molar-refractivity contribution < 1.29 is 13.5 Å². The number of nitrogens with two attached hydrogens (primary N) is 1. The third kappa shape index (κ3) is 4.41. The number of primary sulfonamides is 1. The first-order valence-electron chi connectivity index (χ1n) is 6.98. The van der Waals surface area contributed by atoms with Crippen molar-refractivity contribution >= 4 is 15.7 Å². The fraction of sp³-hybridized carbons (Fsp3) is 0.571. The summed E-state index contributed by atoms with van der Waals surface area (Å²) in [5, 5.41) is 15.1. The number of anilines is 1. The molecule has 0 saturated carbocycles. The lowest BCUT2D eigenvalue weighted by Crippen LogP contribution is -2.50. The second-order valence-electron chi connectivity index (χ2n) is 6.09. The summed E-state index contributed by atoms with van der Waals surface area (Å²) < 4.78 is 23.3. The van der Waals surface area contributed by atoms with Gasteiger partial charge in [-0.2, -0.15) is 0 Å². The van der Waals surface area contributed by atoms with Crippen molar-refractivity contribution in [2.45, 2.75) is 24.3 Å². The predicted molar refractivity (Wildman–Crippen MR) is 82.8 cm³/mol. The highest BCUT2D eigenvalue weighted by Gasteiger charge is 2.25. The Hall–Kier alpha value is -1.15. The number of hydrogen-bond donors (Lipinski definition) is 2. The molecule has 0 unspecified atom stereocenters. The van der Waals surface area contributed by atoms with Gasteiger partial charge in [0.05, 0.1) is 11.3 Å². The molecule has 2 rings (SSSR count). The molecule has 21 heavy (non-hydrogen) atoms. The van der Waals surface area contributed by atoms with Crippen LogP contribution in [0.4, 0.5) is 5.69 Å². The first-order chi connectivity index (χ1) is 9.67. The summed E-state index contributed by atoms with van der Waals surface area (Å²) in [6, 6.07) is 6.81. The molecule has 0 bridgehead atoms. The highest BCUT2D eigenvalue weighted by molar-refractivity contribution is 7.89.